The Hall–Kier alpha value is -2.71. The van der Waals surface area contributed by atoms with Gasteiger partial charge in [-0.3, -0.25) is 9.69 Å². The number of hydrogen-bond acceptors (Lipinski definition) is 5. The zero-order valence-electron chi connectivity index (χ0n) is 20.6. The van der Waals surface area contributed by atoms with Gasteiger partial charge in [0.05, 0.1) is 30.6 Å². The molecule has 2 aromatic carbocycles. The maximum absolute atomic E-state index is 13.3. The molecule has 1 atom stereocenters. The number of anilines is 3. The largest absolute Gasteiger partial charge is 0.384 e. The Morgan fingerprint density at radius 1 is 1.14 bits per heavy atom. The summed E-state index contributed by atoms with van der Waals surface area (Å²) in [6.07, 6.45) is 0.772. The Morgan fingerprint density at radius 3 is 2.69 bits per heavy atom. The number of alkyl halides is 2. The van der Waals surface area contributed by atoms with E-state index in [-0.39, 0.29) is 17.5 Å². The van der Waals surface area contributed by atoms with Crippen molar-refractivity contribution < 1.29 is 18.3 Å². The van der Waals surface area contributed by atoms with E-state index >= 15 is 0 Å². The molecule has 2 aliphatic rings. The monoisotopic (exact) mass is 486 g/mol. The molecule has 1 saturated heterocycles. The molecule has 2 aromatic rings. The van der Waals surface area contributed by atoms with Gasteiger partial charge in [0.15, 0.2) is 0 Å². The number of hydrogen-bond donors (Lipinski definition) is 3. The van der Waals surface area contributed by atoms with Gasteiger partial charge in [0.1, 0.15) is 0 Å². The number of benzene rings is 2. The average molecular weight is 487 g/mol. The van der Waals surface area contributed by atoms with Gasteiger partial charge in [0, 0.05) is 43.9 Å². The third kappa shape index (κ3) is 6.70. The number of morpholine rings is 1. The summed E-state index contributed by atoms with van der Waals surface area (Å²) in [5.41, 5.74) is 5.57. The third-order valence-corrected chi connectivity index (χ3v) is 6.69. The molecule has 8 heteroatoms. The predicted molar refractivity (Wildman–Crippen MR) is 137 cm³/mol. The number of nitrogens with zero attached hydrogens (tertiary/aromatic N) is 1. The molecule has 0 saturated carbocycles. The fourth-order valence-corrected chi connectivity index (χ4v) is 4.96. The maximum Gasteiger partial charge on any atom is 0.263 e. The highest BCUT2D eigenvalue weighted by atomic mass is 19.3. The third-order valence-electron chi connectivity index (χ3n) is 6.69. The van der Waals surface area contributed by atoms with Crippen LogP contribution in [0.15, 0.2) is 30.3 Å². The van der Waals surface area contributed by atoms with E-state index in [0.717, 1.165) is 81.2 Å². The average Bonchev–Trinajstić information content (AvgIpc) is 2.84. The van der Waals surface area contributed by atoms with Crippen LogP contribution < -0.4 is 16.0 Å². The Balaban J connectivity index is 1.50. The van der Waals surface area contributed by atoms with Gasteiger partial charge in [-0.2, -0.15) is 0 Å². The first-order chi connectivity index (χ1) is 16.9. The summed E-state index contributed by atoms with van der Waals surface area (Å²) in [4.78, 5) is 15.0. The van der Waals surface area contributed by atoms with E-state index in [1.165, 1.54) is 11.6 Å². The minimum absolute atomic E-state index is 0.000341. The fraction of sp³-hybridized carbons (Fsp3) is 0.519. The second kappa shape index (κ2) is 11.8. The second-order valence-electron chi connectivity index (χ2n) is 9.40. The van der Waals surface area contributed by atoms with Crippen LogP contribution in [0.25, 0.3) is 0 Å². The molecule has 1 unspecified atom stereocenters. The zero-order valence-corrected chi connectivity index (χ0v) is 20.6. The van der Waals surface area contributed by atoms with Crippen LogP contribution in [0.1, 0.15) is 60.9 Å². The highest BCUT2D eigenvalue weighted by Crippen LogP contribution is 2.38. The number of carbonyl (C=O) groups excluding carboxylic acids is 1. The van der Waals surface area contributed by atoms with E-state index < -0.39 is 6.43 Å². The van der Waals surface area contributed by atoms with Crippen molar-refractivity contribution in [2.45, 2.75) is 52.0 Å². The summed E-state index contributed by atoms with van der Waals surface area (Å²) in [6.45, 7) is 8.48. The van der Waals surface area contributed by atoms with Crippen molar-refractivity contribution in [2.75, 3.05) is 55.3 Å². The summed E-state index contributed by atoms with van der Waals surface area (Å²) < 4.78 is 32.0. The molecule has 0 aromatic heterocycles. The van der Waals surface area contributed by atoms with E-state index in [2.05, 4.69) is 33.0 Å². The molecule has 6 nitrogen and oxygen atoms in total. The highest BCUT2D eigenvalue weighted by molar-refractivity contribution is 5.94. The Morgan fingerprint density at radius 2 is 1.94 bits per heavy atom. The molecule has 190 valence electrons. The van der Waals surface area contributed by atoms with E-state index in [4.69, 9.17) is 4.74 Å². The molecular formula is C27H36F2N4O2. The van der Waals surface area contributed by atoms with Gasteiger partial charge < -0.3 is 20.7 Å². The Labute approximate surface area is 206 Å². The zero-order chi connectivity index (χ0) is 24.8. The fourth-order valence-electron chi connectivity index (χ4n) is 4.96. The molecule has 1 amide bonds. The molecule has 1 aliphatic carbocycles. The van der Waals surface area contributed by atoms with Gasteiger partial charge in [-0.15, -0.1) is 0 Å². The van der Waals surface area contributed by atoms with Crippen molar-refractivity contribution >= 4 is 23.0 Å². The first-order valence-corrected chi connectivity index (χ1v) is 12.6. The van der Waals surface area contributed by atoms with Gasteiger partial charge in [-0.1, -0.05) is 6.07 Å². The van der Waals surface area contributed by atoms with Crippen molar-refractivity contribution in [1.82, 2.24) is 4.90 Å². The molecule has 3 N–H and O–H groups in total. The van der Waals surface area contributed by atoms with Crippen LogP contribution in [0.2, 0.25) is 0 Å². The van der Waals surface area contributed by atoms with Gasteiger partial charge >= 0.3 is 0 Å². The number of ether oxygens (including phenoxy) is 1. The van der Waals surface area contributed by atoms with Crippen molar-refractivity contribution in [1.29, 1.82) is 0 Å². The normalized spacial score (nSPS) is 18.3. The standard InChI is InChI=1S/C27H36F2N4O2/c1-3-30-24-17-22-19(16-25(24)32-26(34)7-8-33-9-11-35-12-10-33)5-4-6-23(22)31-21-14-18(2)13-20(15-21)27(28)29/h13-17,23,27,30-31H,3-12H2,1-2H3,(H,32,34). The van der Waals surface area contributed by atoms with E-state index in [1.807, 2.05) is 19.9 Å². The molecule has 0 bridgehead atoms. The Kier molecular flexibility index (Phi) is 8.57. The number of rotatable bonds is 9. The van der Waals surface area contributed by atoms with Crippen LogP contribution in [-0.2, 0) is 16.0 Å². The lowest BCUT2D eigenvalue weighted by Crippen LogP contribution is -2.38. The van der Waals surface area contributed by atoms with Crippen LogP contribution >= 0.6 is 0 Å². The molecular weight excluding hydrogens is 450 g/mol. The minimum atomic E-state index is -2.50. The predicted octanol–water partition coefficient (Wildman–Crippen LogP) is 5.51. The number of carbonyl (C=O) groups is 1. The minimum Gasteiger partial charge on any atom is -0.384 e. The first-order valence-electron chi connectivity index (χ1n) is 12.6. The second-order valence-corrected chi connectivity index (χ2v) is 9.40. The molecule has 1 fully saturated rings. The molecule has 35 heavy (non-hydrogen) atoms. The topological polar surface area (TPSA) is 65.6 Å². The Bertz CT molecular complexity index is 1020. The number of aryl methyl sites for hydroxylation is 2. The smallest absolute Gasteiger partial charge is 0.263 e. The number of fused-ring (bicyclic) bond motifs is 1. The van der Waals surface area contributed by atoms with Crippen molar-refractivity contribution in [3.05, 3.63) is 52.6 Å². The first kappa shape index (κ1) is 25.4. The molecule has 1 heterocycles. The molecule has 1 aliphatic heterocycles. The number of halogens is 2. The number of amides is 1. The van der Waals surface area contributed by atoms with Crippen LogP contribution in [0.5, 0.6) is 0 Å². The van der Waals surface area contributed by atoms with Crippen molar-refractivity contribution in [2.24, 2.45) is 0 Å². The van der Waals surface area contributed by atoms with Crippen molar-refractivity contribution in [3.8, 4) is 0 Å². The van der Waals surface area contributed by atoms with Crippen LogP contribution in [0.4, 0.5) is 25.8 Å². The van der Waals surface area contributed by atoms with Gasteiger partial charge in [-0.05, 0) is 74.1 Å². The summed E-state index contributed by atoms with van der Waals surface area (Å²) in [5.74, 6) is 0.000341. The summed E-state index contributed by atoms with van der Waals surface area (Å²) in [6, 6.07) is 9.19. The number of nitrogens with one attached hydrogen (secondary N) is 3. The quantitative estimate of drug-likeness (QED) is 0.436. The van der Waals surface area contributed by atoms with Crippen LogP contribution in [0.3, 0.4) is 0 Å². The molecule has 0 radical (unpaired) electrons. The van der Waals surface area contributed by atoms with E-state index in [1.54, 1.807) is 6.07 Å². The lowest BCUT2D eigenvalue weighted by Gasteiger charge is -2.29. The van der Waals surface area contributed by atoms with E-state index in [0.29, 0.717) is 12.1 Å². The van der Waals surface area contributed by atoms with Crippen LogP contribution in [-0.4, -0.2) is 50.2 Å². The van der Waals surface area contributed by atoms with Gasteiger partial charge in [0.25, 0.3) is 6.43 Å². The van der Waals surface area contributed by atoms with Gasteiger partial charge in [0.2, 0.25) is 5.91 Å². The summed E-state index contributed by atoms with van der Waals surface area (Å²) >= 11 is 0. The lowest BCUT2D eigenvalue weighted by atomic mass is 9.86. The molecule has 0 spiro atoms. The summed E-state index contributed by atoms with van der Waals surface area (Å²) in [7, 11) is 0. The SMILES string of the molecule is CCNc1cc2c(cc1NC(=O)CCN1CCOCC1)CCCC2Nc1cc(C)cc(C(F)F)c1. The lowest BCUT2D eigenvalue weighted by molar-refractivity contribution is -0.116. The van der Waals surface area contributed by atoms with E-state index in [9.17, 15) is 13.6 Å². The molecule has 4 rings (SSSR count). The summed E-state index contributed by atoms with van der Waals surface area (Å²) in [5, 5.41) is 10.00. The highest BCUT2D eigenvalue weighted by Gasteiger charge is 2.23. The van der Waals surface area contributed by atoms with Crippen molar-refractivity contribution in [3.63, 3.8) is 0 Å². The van der Waals surface area contributed by atoms with Gasteiger partial charge in [-0.25, -0.2) is 8.78 Å². The van der Waals surface area contributed by atoms with Crippen LogP contribution in [0, 0.1) is 6.92 Å². The maximum atomic E-state index is 13.3.